The van der Waals surface area contributed by atoms with Crippen LogP contribution >= 0.6 is 35.7 Å². The van der Waals surface area contributed by atoms with Gasteiger partial charge in [-0.25, -0.2) is 4.39 Å². The Labute approximate surface area is 198 Å². The Morgan fingerprint density at radius 1 is 1.07 bits per heavy atom. The van der Waals surface area contributed by atoms with Gasteiger partial charge in [-0.2, -0.15) is 11.8 Å². The highest BCUT2D eigenvalue weighted by molar-refractivity contribution is 14.0. The predicted molar refractivity (Wildman–Crippen MR) is 132 cm³/mol. The van der Waals surface area contributed by atoms with Gasteiger partial charge in [0.05, 0.1) is 13.7 Å². The highest BCUT2D eigenvalue weighted by Crippen LogP contribution is 2.16. The molecule has 2 rings (SSSR count). The van der Waals surface area contributed by atoms with Crippen LogP contribution in [0.2, 0.25) is 0 Å². The van der Waals surface area contributed by atoms with Crippen molar-refractivity contribution in [2.24, 2.45) is 4.99 Å². The van der Waals surface area contributed by atoms with E-state index >= 15 is 0 Å². The highest BCUT2D eigenvalue weighted by atomic mass is 127. The zero-order valence-electron chi connectivity index (χ0n) is 17.3. The number of rotatable bonds is 9. The molecule has 2 aromatic rings. The Kier molecular flexibility index (Phi) is 12.2. The number of aliphatic imine (C=N–C) groups is 1. The largest absolute Gasteiger partial charge is 0.497 e. The summed E-state index contributed by atoms with van der Waals surface area (Å²) in [5.74, 6) is 1.62. The number of ether oxygens (including phenoxy) is 1. The molecule has 0 radical (unpaired) electrons. The van der Waals surface area contributed by atoms with Crippen LogP contribution < -0.4 is 20.7 Å². The maximum atomic E-state index is 13.5. The molecule has 0 aliphatic rings. The number of halogens is 2. The SMILES string of the molecule is CN=C(NCC(=O)NCc1ccc(OC)cc1)NCc1ccc(F)cc1CSC.I. The van der Waals surface area contributed by atoms with Gasteiger partial charge in [0.25, 0.3) is 0 Å². The molecular weight excluding hydrogens is 518 g/mol. The lowest BCUT2D eigenvalue weighted by atomic mass is 10.1. The standard InChI is InChI=1S/C21H27FN4O2S.HI/c1-23-21(25-12-16-6-7-18(22)10-17(16)14-29-3)26-13-20(27)24-11-15-4-8-19(28-2)9-5-15;/h4-10H,11-14H2,1-3H3,(H,24,27)(H2,23,25,26);1H. The van der Waals surface area contributed by atoms with E-state index in [4.69, 9.17) is 4.74 Å². The third-order valence-corrected chi connectivity index (χ3v) is 4.80. The Balaban J connectivity index is 0.00000450. The minimum Gasteiger partial charge on any atom is -0.497 e. The van der Waals surface area contributed by atoms with E-state index < -0.39 is 0 Å². The van der Waals surface area contributed by atoms with E-state index in [1.165, 1.54) is 6.07 Å². The fourth-order valence-corrected chi connectivity index (χ4v) is 3.21. The molecule has 6 nitrogen and oxygen atoms in total. The first-order valence-corrected chi connectivity index (χ1v) is 10.6. The lowest BCUT2D eigenvalue weighted by Gasteiger charge is -2.14. The second-order valence-corrected chi connectivity index (χ2v) is 7.12. The minimum absolute atomic E-state index is 0. The zero-order valence-corrected chi connectivity index (χ0v) is 20.5. The van der Waals surface area contributed by atoms with Crippen molar-refractivity contribution in [3.8, 4) is 5.75 Å². The summed E-state index contributed by atoms with van der Waals surface area (Å²) in [6.07, 6.45) is 1.98. The number of hydrogen-bond acceptors (Lipinski definition) is 4. The first kappa shape index (κ1) is 26.0. The smallest absolute Gasteiger partial charge is 0.239 e. The van der Waals surface area contributed by atoms with Crippen LogP contribution in [-0.4, -0.2) is 38.8 Å². The quantitative estimate of drug-likeness (QED) is 0.256. The van der Waals surface area contributed by atoms with Crippen molar-refractivity contribution in [3.63, 3.8) is 0 Å². The van der Waals surface area contributed by atoms with E-state index in [1.807, 2.05) is 30.5 Å². The molecule has 30 heavy (non-hydrogen) atoms. The predicted octanol–water partition coefficient (Wildman–Crippen LogP) is 3.30. The molecule has 0 heterocycles. The number of hydrogen-bond donors (Lipinski definition) is 3. The van der Waals surface area contributed by atoms with Crippen LogP contribution in [0, 0.1) is 5.82 Å². The summed E-state index contributed by atoms with van der Waals surface area (Å²) in [5, 5.41) is 9.00. The molecule has 0 saturated carbocycles. The van der Waals surface area contributed by atoms with E-state index in [2.05, 4.69) is 20.9 Å². The van der Waals surface area contributed by atoms with Gasteiger partial charge < -0.3 is 20.7 Å². The van der Waals surface area contributed by atoms with Crippen molar-refractivity contribution in [1.29, 1.82) is 0 Å². The van der Waals surface area contributed by atoms with Gasteiger partial charge in [-0.15, -0.1) is 24.0 Å². The zero-order chi connectivity index (χ0) is 21.1. The Bertz CT molecular complexity index is 834. The number of amides is 1. The molecule has 0 aliphatic heterocycles. The average molecular weight is 546 g/mol. The number of methoxy groups -OCH3 is 1. The molecule has 0 spiro atoms. The number of thioether (sulfide) groups is 1. The monoisotopic (exact) mass is 546 g/mol. The number of nitrogens with one attached hydrogen (secondary N) is 3. The molecule has 0 saturated heterocycles. The number of nitrogens with zero attached hydrogens (tertiary/aromatic N) is 1. The van der Waals surface area contributed by atoms with Gasteiger partial charge in [-0.1, -0.05) is 18.2 Å². The minimum atomic E-state index is -0.242. The molecule has 9 heteroatoms. The van der Waals surface area contributed by atoms with E-state index in [0.29, 0.717) is 19.0 Å². The topological polar surface area (TPSA) is 74.8 Å². The van der Waals surface area contributed by atoms with E-state index in [1.54, 1.807) is 38.1 Å². The van der Waals surface area contributed by atoms with Gasteiger partial charge in [0.1, 0.15) is 11.6 Å². The summed E-state index contributed by atoms with van der Waals surface area (Å²) >= 11 is 1.64. The van der Waals surface area contributed by atoms with E-state index in [9.17, 15) is 9.18 Å². The second kappa shape index (κ2) is 14.1. The fraction of sp³-hybridized carbons (Fsp3) is 0.333. The molecule has 0 bridgehead atoms. The Morgan fingerprint density at radius 2 is 1.80 bits per heavy atom. The van der Waals surface area contributed by atoms with Gasteiger partial charge >= 0.3 is 0 Å². The fourth-order valence-electron chi connectivity index (χ4n) is 2.63. The Morgan fingerprint density at radius 3 is 2.43 bits per heavy atom. The third-order valence-electron chi connectivity index (χ3n) is 4.20. The molecule has 0 aliphatic carbocycles. The van der Waals surface area contributed by atoms with Crippen molar-refractivity contribution in [2.75, 3.05) is 27.0 Å². The average Bonchev–Trinajstić information content (AvgIpc) is 2.74. The number of carbonyl (C=O) groups excluding carboxylic acids is 1. The van der Waals surface area contributed by atoms with Gasteiger partial charge in [-0.3, -0.25) is 9.79 Å². The van der Waals surface area contributed by atoms with Gasteiger partial charge in [0.2, 0.25) is 5.91 Å². The summed E-state index contributed by atoms with van der Waals surface area (Å²) in [6.45, 7) is 1.02. The van der Waals surface area contributed by atoms with Crippen LogP contribution in [0.1, 0.15) is 16.7 Å². The number of benzene rings is 2. The summed E-state index contributed by atoms with van der Waals surface area (Å²) in [6, 6.07) is 12.3. The van der Waals surface area contributed by atoms with Crippen molar-refractivity contribution in [1.82, 2.24) is 16.0 Å². The maximum Gasteiger partial charge on any atom is 0.239 e. The molecule has 0 atom stereocenters. The van der Waals surface area contributed by atoms with Crippen molar-refractivity contribution < 1.29 is 13.9 Å². The van der Waals surface area contributed by atoms with Crippen molar-refractivity contribution in [2.45, 2.75) is 18.8 Å². The highest BCUT2D eigenvalue weighted by Gasteiger charge is 2.07. The number of carbonyl (C=O) groups is 1. The maximum absolute atomic E-state index is 13.5. The van der Waals surface area contributed by atoms with Crippen LogP contribution in [0.15, 0.2) is 47.5 Å². The van der Waals surface area contributed by atoms with E-state index in [0.717, 1.165) is 28.2 Å². The lowest BCUT2D eigenvalue weighted by Crippen LogP contribution is -2.42. The molecular formula is C21H28FIN4O2S. The third kappa shape index (κ3) is 8.78. The normalized spacial score (nSPS) is 10.7. The van der Waals surface area contributed by atoms with Crippen LogP contribution in [0.5, 0.6) is 5.75 Å². The summed E-state index contributed by atoms with van der Waals surface area (Å²) < 4.78 is 18.6. The van der Waals surface area contributed by atoms with Crippen LogP contribution in [0.3, 0.4) is 0 Å². The van der Waals surface area contributed by atoms with Crippen LogP contribution in [0.4, 0.5) is 4.39 Å². The first-order chi connectivity index (χ1) is 14.0. The van der Waals surface area contributed by atoms with Crippen LogP contribution in [0.25, 0.3) is 0 Å². The molecule has 0 fully saturated rings. The first-order valence-electron chi connectivity index (χ1n) is 9.16. The molecule has 1 amide bonds. The van der Waals surface area contributed by atoms with Crippen LogP contribution in [-0.2, 0) is 23.6 Å². The van der Waals surface area contributed by atoms with Gasteiger partial charge in [0.15, 0.2) is 5.96 Å². The summed E-state index contributed by atoms with van der Waals surface area (Å²) in [5.41, 5.74) is 2.92. The lowest BCUT2D eigenvalue weighted by molar-refractivity contribution is -0.120. The van der Waals surface area contributed by atoms with Crippen molar-refractivity contribution in [3.05, 3.63) is 65.0 Å². The molecule has 0 unspecified atom stereocenters. The summed E-state index contributed by atoms with van der Waals surface area (Å²) in [7, 11) is 3.25. The van der Waals surface area contributed by atoms with E-state index in [-0.39, 0.29) is 42.2 Å². The van der Waals surface area contributed by atoms with Crippen molar-refractivity contribution >= 4 is 47.6 Å². The molecule has 3 N–H and O–H groups in total. The number of guanidine groups is 1. The Hall–Kier alpha value is -2.01. The second-order valence-electron chi connectivity index (χ2n) is 6.25. The van der Waals surface area contributed by atoms with Gasteiger partial charge in [-0.05, 0) is 47.2 Å². The molecule has 164 valence electrons. The summed E-state index contributed by atoms with van der Waals surface area (Å²) in [4.78, 5) is 16.2. The molecule has 2 aromatic carbocycles. The molecule has 0 aromatic heterocycles. The van der Waals surface area contributed by atoms with Gasteiger partial charge in [0, 0.05) is 25.9 Å².